The summed E-state index contributed by atoms with van der Waals surface area (Å²) in [6.07, 6.45) is 0. The third-order valence-corrected chi connectivity index (χ3v) is 3.96. The van der Waals surface area contributed by atoms with Crippen LogP contribution in [0, 0.1) is 10.1 Å². The normalized spacial score (nSPS) is 16.8. The van der Waals surface area contributed by atoms with E-state index in [1.165, 1.54) is 6.07 Å². The van der Waals surface area contributed by atoms with Gasteiger partial charge in [0, 0.05) is 48.8 Å². The third-order valence-electron chi connectivity index (χ3n) is 3.46. The molecule has 0 aromatic heterocycles. The average Bonchev–Trinajstić information content (AvgIpc) is 2.42. The minimum atomic E-state index is -0.827. The van der Waals surface area contributed by atoms with Gasteiger partial charge < -0.3 is 5.11 Å². The van der Waals surface area contributed by atoms with Crippen LogP contribution in [0.4, 0.5) is 5.69 Å². The number of piperazine rings is 1. The van der Waals surface area contributed by atoms with E-state index in [0.29, 0.717) is 42.8 Å². The molecule has 8 heteroatoms. The topological polar surface area (TPSA) is 86.9 Å². The van der Waals surface area contributed by atoms with Crippen molar-refractivity contribution in [2.24, 2.45) is 0 Å². The lowest BCUT2D eigenvalue weighted by atomic mass is 10.1. The molecule has 0 bridgehead atoms. The number of hydrogen-bond donors (Lipinski definition) is 1. The Kier molecular flexibility index (Phi) is 5.27. The van der Waals surface area contributed by atoms with Crippen molar-refractivity contribution in [3.63, 3.8) is 0 Å². The molecule has 2 rings (SSSR count). The number of halogens is 1. The van der Waals surface area contributed by atoms with Gasteiger partial charge in [0.2, 0.25) is 0 Å². The summed E-state index contributed by atoms with van der Waals surface area (Å²) in [5, 5.41) is 19.8. The molecule has 114 valence electrons. The number of nitrogens with zero attached hydrogens (tertiary/aromatic N) is 3. The van der Waals surface area contributed by atoms with Gasteiger partial charge in [0.1, 0.15) is 0 Å². The van der Waals surface area contributed by atoms with Gasteiger partial charge in [-0.05, 0) is 12.1 Å². The fourth-order valence-corrected chi connectivity index (χ4v) is 2.73. The van der Waals surface area contributed by atoms with E-state index in [-0.39, 0.29) is 17.2 Å². The molecule has 1 aliphatic rings. The maximum atomic E-state index is 11.1. The molecular weight excluding hydrogens is 342 g/mol. The van der Waals surface area contributed by atoms with Crippen LogP contribution in [0.1, 0.15) is 5.56 Å². The Labute approximate surface area is 130 Å². The van der Waals surface area contributed by atoms with Gasteiger partial charge >= 0.3 is 5.97 Å². The van der Waals surface area contributed by atoms with Crippen molar-refractivity contribution in [3.8, 4) is 0 Å². The number of rotatable bonds is 5. The molecule has 1 heterocycles. The van der Waals surface area contributed by atoms with Gasteiger partial charge in [0.05, 0.1) is 11.5 Å². The Morgan fingerprint density at radius 2 is 1.90 bits per heavy atom. The summed E-state index contributed by atoms with van der Waals surface area (Å²) < 4.78 is 0.684. The highest BCUT2D eigenvalue weighted by atomic mass is 79.9. The molecule has 0 amide bonds. The summed E-state index contributed by atoms with van der Waals surface area (Å²) in [5.41, 5.74) is 0.784. The van der Waals surface area contributed by atoms with Crippen LogP contribution in [-0.2, 0) is 11.3 Å². The molecule has 1 aromatic rings. The SMILES string of the molecule is O=C(O)CN1CCN(Cc2ccc(Br)cc2[N+](=O)[O-])CC1. The van der Waals surface area contributed by atoms with Crippen LogP contribution < -0.4 is 0 Å². The summed E-state index contributed by atoms with van der Waals surface area (Å²) >= 11 is 3.24. The predicted molar refractivity (Wildman–Crippen MR) is 80.1 cm³/mol. The first-order valence-corrected chi connectivity index (χ1v) is 7.34. The third kappa shape index (κ3) is 4.48. The van der Waals surface area contributed by atoms with Crippen molar-refractivity contribution in [2.45, 2.75) is 6.54 Å². The molecule has 0 atom stereocenters. The van der Waals surface area contributed by atoms with E-state index in [0.717, 1.165) is 0 Å². The monoisotopic (exact) mass is 357 g/mol. The summed E-state index contributed by atoms with van der Waals surface area (Å²) in [7, 11) is 0. The summed E-state index contributed by atoms with van der Waals surface area (Å²) in [4.78, 5) is 25.3. The molecule has 0 aliphatic carbocycles. The fraction of sp³-hybridized carbons (Fsp3) is 0.462. The van der Waals surface area contributed by atoms with Crippen LogP contribution in [0.2, 0.25) is 0 Å². The van der Waals surface area contributed by atoms with Crippen molar-refractivity contribution in [3.05, 3.63) is 38.3 Å². The first-order valence-electron chi connectivity index (χ1n) is 6.55. The van der Waals surface area contributed by atoms with E-state index < -0.39 is 5.97 Å². The lowest BCUT2D eigenvalue weighted by molar-refractivity contribution is -0.385. The van der Waals surface area contributed by atoms with E-state index in [1.54, 1.807) is 12.1 Å². The second-order valence-electron chi connectivity index (χ2n) is 4.98. The molecule has 0 radical (unpaired) electrons. The molecule has 0 unspecified atom stereocenters. The van der Waals surface area contributed by atoms with Crippen molar-refractivity contribution in [1.82, 2.24) is 9.80 Å². The maximum absolute atomic E-state index is 11.1. The molecule has 1 saturated heterocycles. The quantitative estimate of drug-likeness (QED) is 0.635. The van der Waals surface area contributed by atoms with Crippen molar-refractivity contribution < 1.29 is 14.8 Å². The Bertz CT molecular complexity index is 544. The van der Waals surface area contributed by atoms with Gasteiger partial charge in [-0.25, -0.2) is 0 Å². The molecule has 1 N–H and O–H groups in total. The van der Waals surface area contributed by atoms with Gasteiger partial charge in [-0.15, -0.1) is 0 Å². The van der Waals surface area contributed by atoms with E-state index in [1.807, 2.05) is 4.90 Å². The number of carboxylic acid groups (broad SMARTS) is 1. The van der Waals surface area contributed by atoms with Crippen molar-refractivity contribution in [1.29, 1.82) is 0 Å². The fourth-order valence-electron chi connectivity index (χ4n) is 2.38. The number of carboxylic acids is 1. The molecule has 7 nitrogen and oxygen atoms in total. The van der Waals surface area contributed by atoms with E-state index >= 15 is 0 Å². The summed E-state index contributed by atoms with van der Waals surface area (Å²) in [5.74, 6) is -0.827. The first-order chi connectivity index (χ1) is 9.95. The Morgan fingerprint density at radius 1 is 1.29 bits per heavy atom. The Balaban J connectivity index is 1.97. The highest BCUT2D eigenvalue weighted by molar-refractivity contribution is 9.10. The second-order valence-corrected chi connectivity index (χ2v) is 5.89. The van der Waals surface area contributed by atoms with Crippen molar-refractivity contribution >= 4 is 27.6 Å². The zero-order chi connectivity index (χ0) is 15.4. The van der Waals surface area contributed by atoms with E-state index in [9.17, 15) is 14.9 Å². The highest BCUT2D eigenvalue weighted by Gasteiger charge is 2.21. The molecule has 1 fully saturated rings. The zero-order valence-corrected chi connectivity index (χ0v) is 13.0. The Morgan fingerprint density at radius 3 is 2.48 bits per heavy atom. The molecular formula is C13H16BrN3O4. The second kappa shape index (κ2) is 6.97. The first kappa shape index (κ1) is 15.9. The van der Waals surface area contributed by atoms with Gasteiger partial charge in [0.25, 0.3) is 5.69 Å². The van der Waals surface area contributed by atoms with Crippen LogP contribution in [0.15, 0.2) is 22.7 Å². The number of nitro benzene ring substituents is 1. The van der Waals surface area contributed by atoms with Crippen LogP contribution in [-0.4, -0.2) is 58.5 Å². The molecule has 0 saturated carbocycles. The minimum Gasteiger partial charge on any atom is -0.480 e. The molecule has 1 aromatic carbocycles. The maximum Gasteiger partial charge on any atom is 0.317 e. The van der Waals surface area contributed by atoms with Crippen molar-refractivity contribution in [2.75, 3.05) is 32.7 Å². The number of nitro groups is 1. The lowest BCUT2D eigenvalue weighted by Crippen LogP contribution is -2.47. The molecule has 0 spiro atoms. The number of carbonyl (C=O) groups is 1. The zero-order valence-electron chi connectivity index (χ0n) is 11.4. The van der Waals surface area contributed by atoms with Gasteiger partial charge in [-0.1, -0.05) is 15.9 Å². The van der Waals surface area contributed by atoms with Gasteiger partial charge in [0.15, 0.2) is 0 Å². The van der Waals surface area contributed by atoms with Crippen LogP contribution >= 0.6 is 15.9 Å². The molecule has 21 heavy (non-hydrogen) atoms. The summed E-state index contributed by atoms with van der Waals surface area (Å²) in [6.45, 7) is 3.30. The number of hydrogen-bond acceptors (Lipinski definition) is 5. The number of aliphatic carboxylic acids is 1. The van der Waals surface area contributed by atoms with E-state index in [2.05, 4.69) is 20.8 Å². The van der Waals surface area contributed by atoms with Crippen LogP contribution in [0.5, 0.6) is 0 Å². The smallest absolute Gasteiger partial charge is 0.317 e. The predicted octanol–water partition coefficient (Wildman–Crippen LogP) is 1.56. The summed E-state index contributed by atoms with van der Waals surface area (Å²) in [6, 6.07) is 5.06. The standard InChI is InChI=1S/C13H16BrN3O4/c14-11-2-1-10(12(7-11)17(20)21)8-15-3-5-16(6-4-15)9-13(18)19/h1-2,7H,3-6,8-9H2,(H,18,19). The largest absolute Gasteiger partial charge is 0.480 e. The van der Waals surface area contributed by atoms with Gasteiger partial charge in [-0.3, -0.25) is 24.7 Å². The molecule has 1 aliphatic heterocycles. The van der Waals surface area contributed by atoms with Crippen LogP contribution in [0.3, 0.4) is 0 Å². The highest BCUT2D eigenvalue weighted by Crippen LogP contribution is 2.25. The van der Waals surface area contributed by atoms with Gasteiger partial charge in [-0.2, -0.15) is 0 Å². The lowest BCUT2D eigenvalue weighted by Gasteiger charge is -2.33. The minimum absolute atomic E-state index is 0.0479. The van der Waals surface area contributed by atoms with E-state index in [4.69, 9.17) is 5.11 Å². The number of benzene rings is 1. The van der Waals surface area contributed by atoms with Crippen LogP contribution in [0.25, 0.3) is 0 Å². The Hall–Kier alpha value is -1.51. The average molecular weight is 358 g/mol.